The maximum Gasteiger partial charge on any atom is 0.0456 e. The first-order valence-electron chi connectivity index (χ1n) is 9.92. The second-order valence-electron chi connectivity index (χ2n) is 7.03. The standard InChI is InChI=1S/C20H42O/c1-3-4-5-6-7-8-9-10-11-12-13-14-15-16-17-18-20(2)19-21/h20-21H,3-19H2,1-2H3. The number of aliphatic hydroxyl groups is 1. The zero-order chi connectivity index (χ0) is 15.6. The topological polar surface area (TPSA) is 20.2 Å². The molecule has 1 unspecified atom stereocenters. The zero-order valence-electron chi connectivity index (χ0n) is 15.0. The molecule has 0 heterocycles. The van der Waals surface area contributed by atoms with E-state index in [1.165, 1.54) is 103 Å². The first-order valence-corrected chi connectivity index (χ1v) is 9.92. The minimum Gasteiger partial charge on any atom is -0.396 e. The summed E-state index contributed by atoms with van der Waals surface area (Å²) in [4.78, 5) is 0. The predicted octanol–water partition coefficient (Wildman–Crippen LogP) is 6.88. The summed E-state index contributed by atoms with van der Waals surface area (Å²) < 4.78 is 0. The molecule has 0 aromatic heterocycles. The first-order chi connectivity index (χ1) is 10.3. The Hall–Kier alpha value is -0.0400. The van der Waals surface area contributed by atoms with Gasteiger partial charge in [-0.05, 0) is 12.3 Å². The molecule has 1 N–H and O–H groups in total. The summed E-state index contributed by atoms with van der Waals surface area (Å²) in [6.45, 7) is 4.79. The van der Waals surface area contributed by atoms with Crippen LogP contribution in [0.15, 0.2) is 0 Å². The molecule has 0 spiro atoms. The van der Waals surface area contributed by atoms with Gasteiger partial charge < -0.3 is 5.11 Å². The molecule has 1 atom stereocenters. The van der Waals surface area contributed by atoms with Gasteiger partial charge in [0.05, 0.1) is 0 Å². The summed E-state index contributed by atoms with van der Waals surface area (Å²) in [5.41, 5.74) is 0. The van der Waals surface area contributed by atoms with Crippen molar-refractivity contribution in [2.75, 3.05) is 6.61 Å². The monoisotopic (exact) mass is 298 g/mol. The lowest BCUT2D eigenvalue weighted by Gasteiger charge is -2.06. The molecule has 0 saturated carbocycles. The van der Waals surface area contributed by atoms with Crippen LogP contribution in [-0.2, 0) is 0 Å². The second-order valence-corrected chi connectivity index (χ2v) is 7.03. The van der Waals surface area contributed by atoms with Gasteiger partial charge in [-0.1, -0.05) is 110 Å². The van der Waals surface area contributed by atoms with E-state index in [1.807, 2.05) is 0 Å². The van der Waals surface area contributed by atoms with E-state index in [0.717, 1.165) is 0 Å². The van der Waals surface area contributed by atoms with Gasteiger partial charge in [-0.2, -0.15) is 0 Å². The molecule has 0 aromatic rings. The second kappa shape index (κ2) is 18.0. The van der Waals surface area contributed by atoms with E-state index in [1.54, 1.807) is 0 Å². The average Bonchev–Trinajstić information content (AvgIpc) is 2.50. The SMILES string of the molecule is CCCCCCCCCCCCCCCCCC(C)CO. The highest BCUT2D eigenvalue weighted by molar-refractivity contribution is 4.52. The summed E-state index contributed by atoms with van der Waals surface area (Å²) in [6, 6.07) is 0. The van der Waals surface area contributed by atoms with Crippen LogP contribution in [0.5, 0.6) is 0 Å². The highest BCUT2D eigenvalue weighted by atomic mass is 16.3. The van der Waals surface area contributed by atoms with Crippen LogP contribution in [0.1, 0.15) is 117 Å². The van der Waals surface area contributed by atoms with Crippen molar-refractivity contribution in [1.29, 1.82) is 0 Å². The Kier molecular flexibility index (Phi) is 18.0. The van der Waals surface area contributed by atoms with E-state index in [4.69, 9.17) is 5.11 Å². The van der Waals surface area contributed by atoms with Gasteiger partial charge in [-0.15, -0.1) is 0 Å². The van der Waals surface area contributed by atoms with Crippen molar-refractivity contribution in [1.82, 2.24) is 0 Å². The highest BCUT2D eigenvalue weighted by Gasteiger charge is 1.99. The number of aliphatic hydroxyl groups excluding tert-OH is 1. The van der Waals surface area contributed by atoms with Crippen LogP contribution in [0.3, 0.4) is 0 Å². The summed E-state index contributed by atoms with van der Waals surface area (Å²) >= 11 is 0. The normalized spacial score (nSPS) is 12.7. The Bertz CT molecular complexity index is 179. The van der Waals surface area contributed by atoms with Gasteiger partial charge in [0.15, 0.2) is 0 Å². The molecule has 0 radical (unpaired) electrons. The Balaban J connectivity index is 2.96. The maximum absolute atomic E-state index is 8.95. The molecular formula is C20H42O. The van der Waals surface area contributed by atoms with Crippen LogP contribution >= 0.6 is 0 Å². The van der Waals surface area contributed by atoms with Crippen molar-refractivity contribution in [3.8, 4) is 0 Å². The van der Waals surface area contributed by atoms with Crippen molar-refractivity contribution in [2.45, 2.75) is 117 Å². The van der Waals surface area contributed by atoms with E-state index in [9.17, 15) is 0 Å². The number of hydrogen-bond donors (Lipinski definition) is 1. The molecule has 0 aliphatic heterocycles. The van der Waals surface area contributed by atoms with E-state index in [-0.39, 0.29) is 0 Å². The molecular weight excluding hydrogens is 256 g/mol. The van der Waals surface area contributed by atoms with Crippen molar-refractivity contribution < 1.29 is 5.11 Å². The fraction of sp³-hybridized carbons (Fsp3) is 1.00. The third-order valence-electron chi connectivity index (χ3n) is 4.61. The zero-order valence-corrected chi connectivity index (χ0v) is 15.0. The number of unbranched alkanes of at least 4 members (excludes halogenated alkanes) is 14. The first kappa shape index (κ1) is 21.0. The maximum atomic E-state index is 8.95. The van der Waals surface area contributed by atoms with Crippen LogP contribution in [0, 0.1) is 5.92 Å². The van der Waals surface area contributed by atoms with E-state index < -0.39 is 0 Å². The molecule has 0 amide bonds. The van der Waals surface area contributed by atoms with Crippen molar-refractivity contribution in [3.63, 3.8) is 0 Å². The van der Waals surface area contributed by atoms with Gasteiger partial charge >= 0.3 is 0 Å². The molecule has 0 aliphatic carbocycles. The summed E-state index contributed by atoms with van der Waals surface area (Å²) in [5.74, 6) is 0.506. The Morgan fingerprint density at radius 3 is 1.24 bits per heavy atom. The fourth-order valence-corrected chi connectivity index (χ4v) is 2.96. The number of rotatable bonds is 17. The third kappa shape index (κ3) is 17.9. The minimum atomic E-state index is 0.360. The minimum absolute atomic E-state index is 0.360. The van der Waals surface area contributed by atoms with Crippen molar-refractivity contribution in [3.05, 3.63) is 0 Å². The molecule has 0 bridgehead atoms. The van der Waals surface area contributed by atoms with Crippen LogP contribution in [0.25, 0.3) is 0 Å². The summed E-state index contributed by atoms with van der Waals surface area (Å²) in [7, 11) is 0. The molecule has 21 heavy (non-hydrogen) atoms. The molecule has 1 heteroatoms. The number of hydrogen-bond acceptors (Lipinski definition) is 1. The lowest BCUT2D eigenvalue weighted by molar-refractivity contribution is 0.227. The molecule has 1 nitrogen and oxygen atoms in total. The summed E-state index contributed by atoms with van der Waals surface area (Å²) in [5, 5.41) is 8.95. The van der Waals surface area contributed by atoms with Gasteiger partial charge in [0.2, 0.25) is 0 Å². The van der Waals surface area contributed by atoms with Gasteiger partial charge in [-0.3, -0.25) is 0 Å². The van der Waals surface area contributed by atoms with Gasteiger partial charge in [0.25, 0.3) is 0 Å². The molecule has 0 saturated heterocycles. The fourth-order valence-electron chi connectivity index (χ4n) is 2.96. The van der Waals surface area contributed by atoms with E-state index in [0.29, 0.717) is 12.5 Å². The lowest BCUT2D eigenvalue weighted by Crippen LogP contribution is -1.99. The summed E-state index contributed by atoms with van der Waals surface area (Å²) in [6.07, 6.45) is 22.6. The van der Waals surface area contributed by atoms with Crippen molar-refractivity contribution >= 4 is 0 Å². The van der Waals surface area contributed by atoms with Gasteiger partial charge in [-0.25, -0.2) is 0 Å². The van der Waals surface area contributed by atoms with Gasteiger partial charge in [0, 0.05) is 6.61 Å². The molecule has 0 rings (SSSR count). The molecule has 128 valence electrons. The highest BCUT2D eigenvalue weighted by Crippen LogP contribution is 2.14. The van der Waals surface area contributed by atoms with Crippen LogP contribution < -0.4 is 0 Å². The van der Waals surface area contributed by atoms with E-state index in [2.05, 4.69) is 13.8 Å². The van der Waals surface area contributed by atoms with Crippen LogP contribution in [-0.4, -0.2) is 11.7 Å². The Labute approximate surface area is 134 Å². The molecule has 0 fully saturated rings. The molecule has 0 aromatic carbocycles. The Morgan fingerprint density at radius 1 is 0.571 bits per heavy atom. The lowest BCUT2D eigenvalue weighted by atomic mass is 10.0. The average molecular weight is 299 g/mol. The Morgan fingerprint density at radius 2 is 0.905 bits per heavy atom. The third-order valence-corrected chi connectivity index (χ3v) is 4.61. The van der Waals surface area contributed by atoms with Crippen LogP contribution in [0.4, 0.5) is 0 Å². The van der Waals surface area contributed by atoms with E-state index >= 15 is 0 Å². The van der Waals surface area contributed by atoms with Crippen LogP contribution in [0.2, 0.25) is 0 Å². The molecule has 0 aliphatic rings. The predicted molar refractivity (Wildman–Crippen MR) is 95.8 cm³/mol. The van der Waals surface area contributed by atoms with Gasteiger partial charge in [0.1, 0.15) is 0 Å². The quantitative estimate of drug-likeness (QED) is 0.290. The largest absolute Gasteiger partial charge is 0.396 e. The van der Waals surface area contributed by atoms with Crippen molar-refractivity contribution in [2.24, 2.45) is 5.92 Å². The smallest absolute Gasteiger partial charge is 0.0456 e.